The van der Waals surface area contributed by atoms with Crippen LogP contribution in [0.4, 0.5) is 0 Å². The molecule has 0 spiro atoms. The molecule has 0 radical (unpaired) electrons. The van der Waals surface area contributed by atoms with E-state index in [-0.39, 0.29) is 11.5 Å². The first-order chi connectivity index (χ1) is 9.19. The van der Waals surface area contributed by atoms with E-state index in [9.17, 15) is 4.79 Å². The van der Waals surface area contributed by atoms with Crippen LogP contribution in [0.25, 0.3) is 0 Å². The fourth-order valence-corrected chi connectivity index (χ4v) is 3.13. The summed E-state index contributed by atoms with van der Waals surface area (Å²) >= 11 is 0. The average Bonchev–Trinajstić information content (AvgIpc) is 2.40. The number of likely N-dealkylation sites (tertiary alicyclic amines) is 1. The van der Waals surface area contributed by atoms with E-state index in [4.69, 9.17) is 4.74 Å². The van der Waals surface area contributed by atoms with E-state index >= 15 is 0 Å². The van der Waals surface area contributed by atoms with Gasteiger partial charge in [0.25, 0.3) is 0 Å². The van der Waals surface area contributed by atoms with E-state index in [0.717, 1.165) is 45.3 Å². The Morgan fingerprint density at radius 2 is 2.21 bits per heavy atom. The van der Waals surface area contributed by atoms with E-state index in [1.54, 1.807) is 7.11 Å². The van der Waals surface area contributed by atoms with Gasteiger partial charge in [-0.1, -0.05) is 6.92 Å². The molecule has 1 heterocycles. The summed E-state index contributed by atoms with van der Waals surface area (Å²) in [7, 11) is 1.74. The van der Waals surface area contributed by atoms with Gasteiger partial charge in [-0.05, 0) is 45.1 Å². The molecule has 0 bridgehead atoms. The number of hydrogen-bond acceptors (Lipinski definition) is 3. The van der Waals surface area contributed by atoms with Crippen molar-refractivity contribution >= 4 is 5.91 Å². The SMILES string of the molecule is CCCNC1CCCN(C(=O)CC2(OC)CCC2)C1. The highest BCUT2D eigenvalue weighted by Crippen LogP contribution is 2.38. The van der Waals surface area contributed by atoms with Crippen molar-refractivity contribution < 1.29 is 9.53 Å². The van der Waals surface area contributed by atoms with Gasteiger partial charge in [-0.25, -0.2) is 0 Å². The Morgan fingerprint density at radius 1 is 1.42 bits per heavy atom. The maximum Gasteiger partial charge on any atom is 0.225 e. The van der Waals surface area contributed by atoms with Gasteiger partial charge >= 0.3 is 0 Å². The summed E-state index contributed by atoms with van der Waals surface area (Å²) in [4.78, 5) is 14.4. The first-order valence-corrected chi connectivity index (χ1v) is 7.75. The Bertz CT molecular complexity index is 297. The third-order valence-electron chi connectivity index (χ3n) is 4.63. The molecule has 0 aromatic carbocycles. The molecule has 2 aliphatic rings. The van der Waals surface area contributed by atoms with Crippen molar-refractivity contribution in [2.45, 2.75) is 63.5 Å². The van der Waals surface area contributed by atoms with Crippen molar-refractivity contribution in [2.24, 2.45) is 0 Å². The summed E-state index contributed by atoms with van der Waals surface area (Å²) in [5, 5.41) is 3.54. The molecule has 1 N–H and O–H groups in total. The average molecular weight is 268 g/mol. The standard InChI is InChI=1S/C15H28N2O2/c1-3-9-16-13-6-4-10-17(12-13)14(18)11-15(19-2)7-5-8-15/h13,16H,3-12H2,1-2H3. The van der Waals surface area contributed by atoms with Gasteiger partial charge in [0.15, 0.2) is 0 Å². The molecule has 1 unspecified atom stereocenters. The lowest BCUT2D eigenvalue weighted by atomic mass is 9.77. The molecule has 1 saturated carbocycles. The second-order valence-corrected chi connectivity index (χ2v) is 6.05. The Kier molecular flexibility index (Phi) is 5.22. The second kappa shape index (κ2) is 6.71. The number of hydrogen-bond donors (Lipinski definition) is 1. The summed E-state index contributed by atoms with van der Waals surface area (Å²) in [5.41, 5.74) is -0.138. The summed E-state index contributed by atoms with van der Waals surface area (Å²) in [6.45, 7) is 5.02. The van der Waals surface area contributed by atoms with Crippen LogP contribution in [0.15, 0.2) is 0 Å². The number of nitrogens with one attached hydrogen (secondary N) is 1. The van der Waals surface area contributed by atoms with Crippen LogP contribution in [-0.4, -0.2) is 49.2 Å². The highest BCUT2D eigenvalue weighted by Gasteiger charge is 2.40. The van der Waals surface area contributed by atoms with Crippen molar-refractivity contribution in [3.63, 3.8) is 0 Å². The molecular weight excluding hydrogens is 240 g/mol. The van der Waals surface area contributed by atoms with E-state index < -0.39 is 0 Å². The number of carbonyl (C=O) groups is 1. The van der Waals surface area contributed by atoms with Gasteiger partial charge in [-0.3, -0.25) is 4.79 Å². The molecule has 1 aliphatic heterocycles. The predicted molar refractivity (Wildman–Crippen MR) is 76.1 cm³/mol. The molecule has 4 heteroatoms. The number of nitrogens with zero attached hydrogens (tertiary/aromatic N) is 1. The fourth-order valence-electron chi connectivity index (χ4n) is 3.13. The Morgan fingerprint density at radius 3 is 2.79 bits per heavy atom. The van der Waals surface area contributed by atoms with Crippen molar-refractivity contribution in [3.8, 4) is 0 Å². The van der Waals surface area contributed by atoms with Crippen LogP contribution in [0, 0.1) is 0 Å². The molecule has 19 heavy (non-hydrogen) atoms. The predicted octanol–water partition coefficient (Wildman–Crippen LogP) is 1.94. The normalized spacial score (nSPS) is 26.0. The Balaban J connectivity index is 1.81. The number of methoxy groups -OCH3 is 1. The van der Waals surface area contributed by atoms with Crippen molar-refractivity contribution in [2.75, 3.05) is 26.7 Å². The molecule has 4 nitrogen and oxygen atoms in total. The lowest BCUT2D eigenvalue weighted by Gasteiger charge is -2.42. The molecular formula is C15H28N2O2. The van der Waals surface area contributed by atoms with Gasteiger partial charge in [-0.2, -0.15) is 0 Å². The lowest BCUT2D eigenvalue weighted by Crippen LogP contribution is -2.51. The molecule has 110 valence electrons. The van der Waals surface area contributed by atoms with E-state index in [1.165, 1.54) is 12.8 Å². The Labute approximate surface area is 116 Å². The minimum Gasteiger partial charge on any atom is -0.378 e. The molecule has 1 aliphatic carbocycles. The molecule has 1 saturated heterocycles. The number of ether oxygens (including phenoxy) is 1. The van der Waals surface area contributed by atoms with Gasteiger partial charge in [-0.15, -0.1) is 0 Å². The van der Waals surface area contributed by atoms with Crippen LogP contribution < -0.4 is 5.32 Å². The first kappa shape index (κ1) is 14.8. The van der Waals surface area contributed by atoms with Gasteiger partial charge in [0.2, 0.25) is 5.91 Å². The zero-order chi connectivity index (χ0) is 13.7. The smallest absolute Gasteiger partial charge is 0.225 e. The fraction of sp³-hybridized carbons (Fsp3) is 0.933. The highest BCUT2D eigenvalue weighted by molar-refractivity contribution is 5.77. The highest BCUT2D eigenvalue weighted by atomic mass is 16.5. The molecule has 2 fully saturated rings. The van der Waals surface area contributed by atoms with Crippen LogP contribution in [0.5, 0.6) is 0 Å². The largest absolute Gasteiger partial charge is 0.378 e. The van der Waals surface area contributed by atoms with E-state index in [0.29, 0.717) is 12.5 Å². The van der Waals surface area contributed by atoms with Crippen LogP contribution in [0.1, 0.15) is 51.9 Å². The van der Waals surface area contributed by atoms with Gasteiger partial charge in [0.05, 0.1) is 12.0 Å². The third kappa shape index (κ3) is 3.69. The number of amides is 1. The number of piperidine rings is 1. The Hall–Kier alpha value is -0.610. The maximum absolute atomic E-state index is 12.4. The number of carbonyl (C=O) groups excluding carboxylic acids is 1. The molecule has 1 amide bonds. The van der Waals surface area contributed by atoms with Gasteiger partial charge < -0.3 is 15.0 Å². The summed E-state index contributed by atoms with van der Waals surface area (Å²) in [5.74, 6) is 0.282. The summed E-state index contributed by atoms with van der Waals surface area (Å²) in [6, 6.07) is 0.484. The summed E-state index contributed by atoms with van der Waals surface area (Å²) < 4.78 is 5.56. The van der Waals surface area contributed by atoms with E-state index in [2.05, 4.69) is 12.2 Å². The first-order valence-electron chi connectivity index (χ1n) is 7.75. The topological polar surface area (TPSA) is 41.6 Å². The van der Waals surface area contributed by atoms with E-state index in [1.807, 2.05) is 4.90 Å². The molecule has 0 aromatic rings. The monoisotopic (exact) mass is 268 g/mol. The quantitative estimate of drug-likeness (QED) is 0.800. The molecule has 1 atom stereocenters. The summed E-state index contributed by atoms with van der Waals surface area (Å²) in [6.07, 6.45) is 7.32. The molecule has 0 aromatic heterocycles. The minimum absolute atomic E-state index is 0.138. The van der Waals surface area contributed by atoms with Gasteiger partial charge in [0.1, 0.15) is 0 Å². The van der Waals surface area contributed by atoms with Crippen LogP contribution >= 0.6 is 0 Å². The maximum atomic E-state index is 12.4. The van der Waals surface area contributed by atoms with Crippen LogP contribution in [-0.2, 0) is 9.53 Å². The van der Waals surface area contributed by atoms with Crippen LogP contribution in [0.2, 0.25) is 0 Å². The zero-order valence-electron chi connectivity index (χ0n) is 12.4. The minimum atomic E-state index is -0.138. The molecule has 2 rings (SSSR count). The zero-order valence-corrected chi connectivity index (χ0v) is 12.4. The van der Waals surface area contributed by atoms with Crippen molar-refractivity contribution in [1.82, 2.24) is 10.2 Å². The third-order valence-corrected chi connectivity index (χ3v) is 4.63. The van der Waals surface area contributed by atoms with Crippen molar-refractivity contribution in [1.29, 1.82) is 0 Å². The van der Waals surface area contributed by atoms with Crippen LogP contribution in [0.3, 0.4) is 0 Å². The second-order valence-electron chi connectivity index (χ2n) is 6.05. The lowest BCUT2D eigenvalue weighted by molar-refractivity contribution is -0.145. The van der Waals surface area contributed by atoms with Crippen molar-refractivity contribution in [3.05, 3.63) is 0 Å². The van der Waals surface area contributed by atoms with Gasteiger partial charge in [0, 0.05) is 26.2 Å². The number of rotatable bonds is 6.